The van der Waals surface area contributed by atoms with Crippen LogP contribution in [0.15, 0.2) is 53.9 Å². The van der Waals surface area contributed by atoms with Crippen LogP contribution in [-0.2, 0) is 11.2 Å². The van der Waals surface area contributed by atoms with Crippen LogP contribution >= 0.6 is 34.5 Å². The first-order valence-electron chi connectivity index (χ1n) is 8.16. The van der Waals surface area contributed by atoms with Gasteiger partial charge in [0.2, 0.25) is 0 Å². The van der Waals surface area contributed by atoms with E-state index >= 15 is 0 Å². The number of nitrogens with one attached hydrogen (secondary N) is 1. The average molecular weight is 438 g/mol. The summed E-state index contributed by atoms with van der Waals surface area (Å²) in [6.45, 7) is 0. The Balaban J connectivity index is 1.82. The molecule has 1 amide bonds. The van der Waals surface area contributed by atoms with Crippen LogP contribution in [0, 0.1) is 0 Å². The van der Waals surface area contributed by atoms with Gasteiger partial charge in [-0.2, -0.15) is 0 Å². The Bertz CT molecular complexity index is 1020. The second-order valence-corrected chi connectivity index (χ2v) is 7.64. The lowest BCUT2D eigenvalue weighted by atomic mass is 10.0. The predicted octanol–water partition coefficient (Wildman–Crippen LogP) is 5.94. The van der Waals surface area contributed by atoms with Crippen LogP contribution in [-0.4, -0.2) is 23.2 Å². The fourth-order valence-electron chi connectivity index (χ4n) is 2.64. The maximum Gasteiger partial charge on any atom is 0.339 e. The van der Waals surface area contributed by atoms with Crippen molar-refractivity contribution >= 4 is 51.4 Å². The molecule has 0 aliphatic carbocycles. The van der Waals surface area contributed by atoms with Crippen molar-refractivity contribution < 1.29 is 19.1 Å². The van der Waals surface area contributed by atoms with Gasteiger partial charge in [0.15, 0.2) is 6.17 Å². The van der Waals surface area contributed by atoms with Crippen molar-refractivity contribution in [3.63, 3.8) is 0 Å². The summed E-state index contributed by atoms with van der Waals surface area (Å²) >= 11 is 12.9. The molecule has 0 spiro atoms. The van der Waals surface area contributed by atoms with Gasteiger partial charge in [0.25, 0.3) is 5.91 Å². The molecule has 8 heteroatoms. The quantitative estimate of drug-likeness (QED) is 0.501. The summed E-state index contributed by atoms with van der Waals surface area (Å²) in [6, 6.07) is 13.3. The first kappa shape index (κ1) is 20.3. The molecule has 144 valence electrons. The molecular formula is C20H14Cl2FNO3S. The molecule has 0 unspecified atom stereocenters. The van der Waals surface area contributed by atoms with Gasteiger partial charge in [0, 0.05) is 27.4 Å². The topological polar surface area (TPSA) is 66.4 Å². The van der Waals surface area contributed by atoms with E-state index in [0.29, 0.717) is 26.7 Å². The molecule has 4 nitrogen and oxygen atoms in total. The predicted molar refractivity (Wildman–Crippen MR) is 110 cm³/mol. The minimum Gasteiger partial charge on any atom is -0.478 e. The molecule has 0 saturated heterocycles. The number of carboxylic acid groups (broad SMARTS) is 1. The van der Waals surface area contributed by atoms with E-state index in [4.69, 9.17) is 23.2 Å². The van der Waals surface area contributed by atoms with E-state index in [1.807, 2.05) is 0 Å². The van der Waals surface area contributed by atoms with Gasteiger partial charge in [-0.1, -0.05) is 53.5 Å². The number of carbonyl (C=O) groups excluding carboxylic acids is 1. The van der Waals surface area contributed by atoms with Crippen LogP contribution in [0.1, 0.15) is 15.9 Å². The molecule has 1 heterocycles. The number of hydrogen-bond acceptors (Lipinski definition) is 3. The molecule has 0 saturated carbocycles. The van der Waals surface area contributed by atoms with Crippen LogP contribution in [0.4, 0.5) is 9.39 Å². The van der Waals surface area contributed by atoms with Crippen molar-refractivity contribution in [2.75, 3.05) is 5.32 Å². The lowest BCUT2D eigenvalue weighted by Gasteiger charge is -2.11. The molecule has 1 atom stereocenters. The fourth-order valence-corrected chi connectivity index (χ4v) is 3.95. The summed E-state index contributed by atoms with van der Waals surface area (Å²) in [4.78, 5) is 24.0. The largest absolute Gasteiger partial charge is 0.478 e. The fraction of sp³-hybridized carbons (Fsp3) is 0.100. The molecular weight excluding hydrogens is 424 g/mol. The summed E-state index contributed by atoms with van der Waals surface area (Å²) in [7, 11) is 0. The zero-order valence-corrected chi connectivity index (χ0v) is 16.6. The molecule has 3 rings (SSSR count). The van der Waals surface area contributed by atoms with Crippen LogP contribution in [0.25, 0.3) is 11.1 Å². The van der Waals surface area contributed by atoms with Crippen molar-refractivity contribution in [1.29, 1.82) is 0 Å². The molecule has 3 aromatic rings. The Morgan fingerprint density at radius 1 is 1.11 bits per heavy atom. The highest BCUT2D eigenvalue weighted by Gasteiger charge is 2.25. The third-order valence-corrected chi connectivity index (χ3v) is 5.55. The van der Waals surface area contributed by atoms with Gasteiger partial charge in [0.1, 0.15) is 10.6 Å². The standard InChI is InChI=1S/C20H14Cl2FNO3S/c21-13-7-5-11(6-8-13)14-10-28-19(17(14)20(26)27)24-18(25)16(23)9-12-3-1-2-4-15(12)22/h1-8,10,16H,9H2,(H,24,25)(H,26,27)/t16-/m0/s1. The Morgan fingerprint density at radius 3 is 2.43 bits per heavy atom. The summed E-state index contributed by atoms with van der Waals surface area (Å²) in [6.07, 6.45) is -2.08. The lowest BCUT2D eigenvalue weighted by Crippen LogP contribution is -2.26. The normalized spacial score (nSPS) is 11.8. The van der Waals surface area contributed by atoms with Gasteiger partial charge in [-0.25, -0.2) is 9.18 Å². The number of aromatic carboxylic acids is 1. The number of alkyl halides is 1. The van der Waals surface area contributed by atoms with Gasteiger partial charge in [-0.05, 0) is 29.3 Å². The number of thiophene rings is 1. The van der Waals surface area contributed by atoms with Crippen LogP contribution in [0.3, 0.4) is 0 Å². The Kier molecular flexibility index (Phi) is 6.34. The van der Waals surface area contributed by atoms with Crippen molar-refractivity contribution in [1.82, 2.24) is 0 Å². The first-order valence-corrected chi connectivity index (χ1v) is 9.79. The lowest BCUT2D eigenvalue weighted by molar-refractivity contribution is -0.120. The SMILES string of the molecule is O=C(O)c1c(-c2ccc(Cl)cc2)csc1NC(=O)[C@@H](F)Cc1ccccc1Cl. The number of carboxylic acids is 1. The smallest absolute Gasteiger partial charge is 0.339 e. The summed E-state index contributed by atoms with van der Waals surface area (Å²) in [5, 5.41) is 14.5. The highest BCUT2D eigenvalue weighted by molar-refractivity contribution is 7.15. The second kappa shape index (κ2) is 8.73. The molecule has 0 bridgehead atoms. The minimum absolute atomic E-state index is 0.0734. The Morgan fingerprint density at radius 2 is 1.79 bits per heavy atom. The molecule has 28 heavy (non-hydrogen) atoms. The third-order valence-electron chi connectivity index (χ3n) is 4.04. The van der Waals surface area contributed by atoms with Crippen LogP contribution in [0.5, 0.6) is 0 Å². The maximum atomic E-state index is 14.4. The third kappa shape index (κ3) is 4.52. The molecule has 0 radical (unpaired) electrons. The average Bonchev–Trinajstić information content (AvgIpc) is 3.08. The highest BCUT2D eigenvalue weighted by Crippen LogP contribution is 2.36. The second-order valence-electron chi connectivity index (χ2n) is 5.92. The van der Waals surface area contributed by atoms with Crippen molar-refractivity contribution in [2.45, 2.75) is 12.6 Å². The van der Waals surface area contributed by atoms with Crippen molar-refractivity contribution in [3.8, 4) is 11.1 Å². The van der Waals surface area contributed by atoms with E-state index < -0.39 is 18.0 Å². The minimum atomic E-state index is -1.87. The summed E-state index contributed by atoms with van der Waals surface area (Å²) < 4.78 is 14.4. The summed E-state index contributed by atoms with van der Waals surface area (Å²) in [5.74, 6) is -2.14. The number of rotatable bonds is 6. The van der Waals surface area contributed by atoms with Gasteiger partial charge in [-0.15, -0.1) is 11.3 Å². The highest BCUT2D eigenvalue weighted by atomic mass is 35.5. The number of amides is 1. The van der Waals surface area contributed by atoms with E-state index in [2.05, 4.69) is 5.32 Å². The Labute approximate surface area is 174 Å². The summed E-state index contributed by atoms with van der Waals surface area (Å²) in [5.41, 5.74) is 1.46. The molecule has 0 aliphatic rings. The molecule has 2 N–H and O–H groups in total. The van der Waals surface area contributed by atoms with E-state index in [-0.39, 0.29) is 17.0 Å². The number of carbonyl (C=O) groups is 2. The van der Waals surface area contributed by atoms with Crippen LogP contribution in [0.2, 0.25) is 10.0 Å². The number of halogens is 3. The van der Waals surface area contributed by atoms with Gasteiger partial charge in [0.05, 0.1) is 0 Å². The maximum absolute atomic E-state index is 14.4. The zero-order chi connectivity index (χ0) is 20.3. The Hall–Kier alpha value is -2.41. The van der Waals surface area contributed by atoms with E-state index in [9.17, 15) is 19.1 Å². The van der Waals surface area contributed by atoms with Crippen LogP contribution < -0.4 is 5.32 Å². The molecule has 0 aliphatic heterocycles. The van der Waals surface area contributed by atoms with Gasteiger partial charge < -0.3 is 10.4 Å². The van der Waals surface area contributed by atoms with E-state index in [1.54, 1.807) is 53.9 Å². The zero-order valence-electron chi connectivity index (χ0n) is 14.3. The first-order chi connectivity index (χ1) is 13.4. The number of hydrogen-bond donors (Lipinski definition) is 2. The van der Waals surface area contributed by atoms with Crippen molar-refractivity contribution in [3.05, 3.63) is 75.1 Å². The van der Waals surface area contributed by atoms with E-state index in [0.717, 1.165) is 11.3 Å². The van der Waals surface area contributed by atoms with Gasteiger partial charge >= 0.3 is 5.97 Å². The van der Waals surface area contributed by atoms with Gasteiger partial charge in [-0.3, -0.25) is 4.79 Å². The van der Waals surface area contributed by atoms with E-state index in [1.165, 1.54) is 0 Å². The molecule has 1 aromatic heterocycles. The van der Waals surface area contributed by atoms with Crippen molar-refractivity contribution in [2.24, 2.45) is 0 Å². The number of benzene rings is 2. The number of anilines is 1. The molecule has 0 fully saturated rings. The molecule has 2 aromatic carbocycles. The monoisotopic (exact) mass is 437 g/mol.